The van der Waals surface area contributed by atoms with Gasteiger partial charge in [0.2, 0.25) is 11.7 Å². The molecule has 0 spiro atoms. The molecule has 4 heteroatoms. The monoisotopic (exact) mass is 301 g/mol. The van der Waals surface area contributed by atoms with Crippen LogP contribution in [-0.4, -0.2) is 11.7 Å². The van der Waals surface area contributed by atoms with E-state index < -0.39 is 0 Å². The van der Waals surface area contributed by atoms with Crippen LogP contribution in [0.3, 0.4) is 0 Å². The minimum atomic E-state index is 0.0281. The van der Waals surface area contributed by atoms with Crippen molar-refractivity contribution in [3.05, 3.63) is 57.8 Å². The SMILES string of the molecule is CC(C)CC(=O)NCc1ccc(C(=O)c2ccccc2)s1. The molecule has 2 rings (SSSR count). The van der Waals surface area contributed by atoms with Crippen molar-refractivity contribution in [2.24, 2.45) is 5.92 Å². The van der Waals surface area contributed by atoms with Gasteiger partial charge in [-0.2, -0.15) is 0 Å². The van der Waals surface area contributed by atoms with Crippen LogP contribution in [0.25, 0.3) is 0 Å². The Hall–Kier alpha value is -1.94. The number of thiophene rings is 1. The van der Waals surface area contributed by atoms with Crippen LogP contribution in [-0.2, 0) is 11.3 Å². The van der Waals surface area contributed by atoms with Crippen LogP contribution in [0.4, 0.5) is 0 Å². The molecule has 0 fully saturated rings. The summed E-state index contributed by atoms with van der Waals surface area (Å²) in [6.07, 6.45) is 0.529. The highest BCUT2D eigenvalue weighted by molar-refractivity contribution is 7.14. The first-order valence-electron chi connectivity index (χ1n) is 7.01. The lowest BCUT2D eigenvalue weighted by molar-refractivity contribution is -0.121. The highest BCUT2D eigenvalue weighted by Crippen LogP contribution is 2.20. The van der Waals surface area contributed by atoms with Gasteiger partial charge < -0.3 is 5.32 Å². The molecule has 0 radical (unpaired) electrons. The van der Waals surface area contributed by atoms with E-state index >= 15 is 0 Å². The summed E-state index contributed by atoms with van der Waals surface area (Å²) in [5.74, 6) is 0.429. The van der Waals surface area contributed by atoms with E-state index in [9.17, 15) is 9.59 Å². The van der Waals surface area contributed by atoms with Crippen LogP contribution >= 0.6 is 11.3 Å². The van der Waals surface area contributed by atoms with Crippen LogP contribution in [0, 0.1) is 5.92 Å². The lowest BCUT2D eigenvalue weighted by Crippen LogP contribution is -2.23. The number of ketones is 1. The zero-order valence-corrected chi connectivity index (χ0v) is 13.1. The van der Waals surface area contributed by atoms with Crippen molar-refractivity contribution in [1.82, 2.24) is 5.32 Å². The predicted molar refractivity (Wildman–Crippen MR) is 85.5 cm³/mol. The molecule has 0 saturated carbocycles. The quantitative estimate of drug-likeness (QED) is 0.828. The van der Waals surface area contributed by atoms with E-state index in [-0.39, 0.29) is 11.7 Å². The Bertz CT molecular complexity index is 617. The maximum atomic E-state index is 12.3. The first kappa shape index (κ1) is 15.4. The zero-order valence-electron chi connectivity index (χ0n) is 12.3. The van der Waals surface area contributed by atoms with Gasteiger partial charge in [0.15, 0.2) is 0 Å². The van der Waals surface area contributed by atoms with Gasteiger partial charge >= 0.3 is 0 Å². The Kier molecular flexibility index (Phi) is 5.28. The third kappa shape index (κ3) is 4.53. The lowest BCUT2D eigenvalue weighted by atomic mass is 10.1. The fraction of sp³-hybridized carbons (Fsp3) is 0.294. The molecule has 0 unspecified atom stereocenters. The molecule has 2 aromatic rings. The smallest absolute Gasteiger partial charge is 0.220 e. The molecule has 0 saturated heterocycles. The van der Waals surface area contributed by atoms with Crippen LogP contribution in [0.15, 0.2) is 42.5 Å². The molecule has 0 aliphatic heterocycles. The Morgan fingerprint density at radius 1 is 1.10 bits per heavy atom. The summed E-state index contributed by atoms with van der Waals surface area (Å²) in [7, 11) is 0. The standard InChI is InChI=1S/C17H19NO2S/c1-12(2)10-16(19)18-11-14-8-9-15(21-14)17(20)13-6-4-3-5-7-13/h3-9,12H,10-11H2,1-2H3,(H,18,19). The zero-order chi connectivity index (χ0) is 15.2. The number of nitrogens with one attached hydrogen (secondary N) is 1. The maximum absolute atomic E-state index is 12.3. The highest BCUT2D eigenvalue weighted by atomic mass is 32.1. The van der Waals surface area contributed by atoms with E-state index in [4.69, 9.17) is 0 Å². The Morgan fingerprint density at radius 2 is 1.81 bits per heavy atom. The normalized spacial score (nSPS) is 10.6. The number of hydrogen-bond acceptors (Lipinski definition) is 3. The van der Waals surface area contributed by atoms with Gasteiger partial charge in [-0.15, -0.1) is 11.3 Å². The molecule has 1 heterocycles. The van der Waals surface area contributed by atoms with Gasteiger partial charge in [-0.3, -0.25) is 9.59 Å². The van der Waals surface area contributed by atoms with Gasteiger partial charge in [-0.25, -0.2) is 0 Å². The van der Waals surface area contributed by atoms with E-state index in [1.165, 1.54) is 11.3 Å². The molecular formula is C17H19NO2S. The number of rotatable bonds is 6. The van der Waals surface area contributed by atoms with Crippen molar-refractivity contribution in [2.45, 2.75) is 26.8 Å². The molecule has 1 amide bonds. The summed E-state index contributed by atoms with van der Waals surface area (Å²) < 4.78 is 0. The van der Waals surface area contributed by atoms with Gasteiger partial charge in [-0.05, 0) is 18.1 Å². The number of hydrogen-bond donors (Lipinski definition) is 1. The third-order valence-electron chi connectivity index (χ3n) is 2.97. The first-order chi connectivity index (χ1) is 10.1. The van der Waals surface area contributed by atoms with Crippen LogP contribution in [0.1, 0.15) is 40.4 Å². The molecule has 0 bridgehead atoms. The average molecular weight is 301 g/mol. The van der Waals surface area contributed by atoms with Crippen molar-refractivity contribution >= 4 is 23.0 Å². The molecule has 0 aliphatic carbocycles. The van der Waals surface area contributed by atoms with E-state index in [0.29, 0.717) is 29.3 Å². The van der Waals surface area contributed by atoms with Gasteiger partial charge in [0, 0.05) is 16.9 Å². The second-order valence-electron chi connectivity index (χ2n) is 5.34. The predicted octanol–water partition coefficient (Wildman–Crippen LogP) is 3.64. The first-order valence-corrected chi connectivity index (χ1v) is 7.83. The summed E-state index contributed by atoms with van der Waals surface area (Å²) >= 11 is 1.43. The summed E-state index contributed by atoms with van der Waals surface area (Å²) in [6.45, 7) is 4.51. The van der Waals surface area contributed by atoms with Crippen molar-refractivity contribution in [3.63, 3.8) is 0 Å². The van der Waals surface area contributed by atoms with Crippen molar-refractivity contribution in [3.8, 4) is 0 Å². The largest absolute Gasteiger partial charge is 0.351 e. The molecule has 0 atom stereocenters. The molecule has 1 aromatic heterocycles. The Morgan fingerprint density at radius 3 is 2.48 bits per heavy atom. The molecule has 1 N–H and O–H groups in total. The van der Waals surface area contributed by atoms with Gasteiger partial charge in [0.1, 0.15) is 0 Å². The second kappa shape index (κ2) is 7.18. The molecular weight excluding hydrogens is 282 g/mol. The number of carbonyl (C=O) groups is 2. The van der Waals surface area contributed by atoms with Crippen molar-refractivity contribution < 1.29 is 9.59 Å². The van der Waals surface area contributed by atoms with Crippen molar-refractivity contribution in [2.75, 3.05) is 0 Å². The van der Waals surface area contributed by atoms with Gasteiger partial charge in [0.25, 0.3) is 0 Å². The molecule has 110 valence electrons. The van der Waals surface area contributed by atoms with Gasteiger partial charge in [-0.1, -0.05) is 44.2 Å². The Balaban J connectivity index is 1.96. The number of benzene rings is 1. The molecule has 21 heavy (non-hydrogen) atoms. The maximum Gasteiger partial charge on any atom is 0.220 e. The number of amides is 1. The van der Waals surface area contributed by atoms with E-state index in [0.717, 1.165) is 4.88 Å². The van der Waals surface area contributed by atoms with Crippen LogP contribution in [0.2, 0.25) is 0 Å². The minimum absolute atomic E-state index is 0.0281. The molecule has 1 aromatic carbocycles. The number of carbonyl (C=O) groups excluding carboxylic acids is 2. The second-order valence-corrected chi connectivity index (χ2v) is 6.50. The van der Waals surface area contributed by atoms with E-state index in [1.54, 1.807) is 0 Å². The van der Waals surface area contributed by atoms with E-state index in [1.807, 2.05) is 56.3 Å². The fourth-order valence-electron chi connectivity index (χ4n) is 1.96. The lowest BCUT2D eigenvalue weighted by Gasteiger charge is -2.05. The van der Waals surface area contributed by atoms with Crippen molar-refractivity contribution in [1.29, 1.82) is 0 Å². The summed E-state index contributed by atoms with van der Waals surface area (Å²) in [5.41, 5.74) is 0.690. The highest BCUT2D eigenvalue weighted by Gasteiger charge is 2.12. The topological polar surface area (TPSA) is 46.2 Å². The van der Waals surface area contributed by atoms with Crippen LogP contribution < -0.4 is 5.32 Å². The third-order valence-corrected chi connectivity index (χ3v) is 4.06. The minimum Gasteiger partial charge on any atom is -0.351 e. The summed E-state index contributed by atoms with van der Waals surface area (Å²) in [6, 6.07) is 12.9. The average Bonchev–Trinajstić information content (AvgIpc) is 2.93. The van der Waals surface area contributed by atoms with E-state index in [2.05, 4.69) is 5.32 Å². The molecule has 3 nitrogen and oxygen atoms in total. The Labute approximate surface area is 129 Å². The van der Waals surface area contributed by atoms with Gasteiger partial charge in [0.05, 0.1) is 11.4 Å². The fourth-order valence-corrected chi connectivity index (χ4v) is 2.86. The summed E-state index contributed by atoms with van der Waals surface area (Å²) in [5, 5.41) is 2.88. The van der Waals surface area contributed by atoms with Crippen LogP contribution in [0.5, 0.6) is 0 Å². The summed E-state index contributed by atoms with van der Waals surface area (Å²) in [4.78, 5) is 25.6. The molecule has 0 aliphatic rings.